The van der Waals surface area contributed by atoms with Crippen molar-refractivity contribution >= 4 is 11.6 Å². The third-order valence-electron chi connectivity index (χ3n) is 2.49. The average Bonchev–Trinajstić information content (AvgIpc) is 2.26. The first-order chi connectivity index (χ1) is 7.86. The number of hydrogen-bond donors (Lipinski definition) is 2. The van der Waals surface area contributed by atoms with Crippen LogP contribution in [0.25, 0.3) is 0 Å². The van der Waals surface area contributed by atoms with Crippen LogP contribution in [0.3, 0.4) is 0 Å². The van der Waals surface area contributed by atoms with Gasteiger partial charge in [0, 0.05) is 12.2 Å². The predicted molar refractivity (Wildman–Crippen MR) is 62.6 cm³/mol. The summed E-state index contributed by atoms with van der Waals surface area (Å²) in [5.41, 5.74) is 5.00. The highest BCUT2D eigenvalue weighted by Gasteiger charge is 2.24. The van der Waals surface area contributed by atoms with Crippen molar-refractivity contribution in [3.05, 3.63) is 29.6 Å². The van der Waals surface area contributed by atoms with Gasteiger partial charge in [-0.25, -0.2) is 4.39 Å². The van der Waals surface area contributed by atoms with E-state index in [0.717, 1.165) is 0 Å². The van der Waals surface area contributed by atoms with Gasteiger partial charge in [0.05, 0.1) is 11.0 Å². The summed E-state index contributed by atoms with van der Waals surface area (Å²) in [6.07, 6.45) is 0. The van der Waals surface area contributed by atoms with Gasteiger partial charge in [-0.2, -0.15) is 5.26 Å². The minimum Gasteiger partial charge on any atom is -0.384 e. The summed E-state index contributed by atoms with van der Waals surface area (Å²) < 4.78 is 13.3. The highest BCUT2D eigenvalue weighted by Crippen LogP contribution is 2.18. The number of primary amides is 1. The van der Waals surface area contributed by atoms with Crippen LogP contribution in [0.4, 0.5) is 10.1 Å². The molecule has 1 rings (SSSR count). The molecule has 3 N–H and O–H groups in total. The molecule has 0 aromatic heterocycles. The Balaban J connectivity index is 2.75. The van der Waals surface area contributed by atoms with Gasteiger partial charge in [0.1, 0.15) is 11.9 Å². The lowest BCUT2D eigenvalue weighted by Gasteiger charge is -2.21. The summed E-state index contributed by atoms with van der Waals surface area (Å²) in [6.45, 7) is 3.69. The number of carbonyl (C=O) groups excluding carboxylic acids is 1. The number of hydrogen-bond acceptors (Lipinski definition) is 3. The van der Waals surface area contributed by atoms with Crippen LogP contribution in [0.1, 0.15) is 19.4 Å². The molecule has 0 spiro atoms. The van der Waals surface area contributed by atoms with E-state index in [1.807, 2.05) is 0 Å². The van der Waals surface area contributed by atoms with Crippen LogP contribution < -0.4 is 11.1 Å². The van der Waals surface area contributed by atoms with Crippen LogP contribution >= 0.6 is 0 Å². The zero-order valence-corrected chi connectivity index (χ0v) is 9.75. The molecule has 0 saturated heterocycles. The van der Waals surface area contributed by atoms with E-state index in [2.05, 4.69) is 5.32 Å². The Hall–Kier alpha value is -2.09. The molecule has 0 unspecified atom stereocenters. The molecular weight excluding hydrogens is 221 g/mol. The van der Waals surface area contributed by atoms with Crippen LogP contribution in [0.15, 0.2) is 18.2 Å². The number of nitriles is 1. The van der Waals surface area contributed by atoms with Crippen LogP contribution in [-0.4, -0.2) is 12.5 Å². The van der Waals surface area contributed by atoms with E-state index in [4.69, 9.17) is 11.0 Å². The van der Waals surface area contributed by atoms with Crippen LogP contribution in [0.2, 0.25) is 0 Å². The topological polar surface area (TPSA) is 78.9 Å². The van der Waals surface area contributed by atoms with Crippen LogP contribution in [0.5, 0.6) is 0 Å². The monoisotopic (exact) mass is 235 g/mol. The maximum atomic E-state index is 13.3. The molecule has 0 radical (unpaired) electrons. The van der Waals surface area contributed by atoms with Gasteiger partial charge < -0.3 is 11.1 Å². The molecular formula is C12H14FN3O. The Labute approximate surface area is 99.2 Å². The van der Waals surface area contributed by atoms with Crippen molar-refractivity contribution in [3.8, 4) is 6.07 Å². The second kappa shape index (κ2) is 4.83. The maximum Gasteiger partial charge on any atom is 0.224 e. The summed E-state index contributed by atoms with van der Waals surface area (Å²) in [7, 11) is 0. The van der Waals surface area contributed by atoms with Gasteiger partial charge in [0.25, 0.3) is 0 Å². The Morgan fingerprint density at radius 2 is 2.24 bits per heavy atom. The largest absolute Gasteiger partial charge is 0.384 e. The molecule has 1 amide bonds. The minimum atomic E-state index is -0.718. The van der Waals surface area contributed by atoms with Crippen molar-refractivity contribution in [1.29, 1.82) is 5.26 Å². The van der Waals surface area contributed by atoms with Gasteiger partial charge in [0.15, 0.2) is 0 Å². The molecule has 4 nitrogen and oxygen atoms in total. The van der Waals surface area contributed by atoms with Gasteiger partial charge >= 0.3 is 0 Å². The first-order valence-corrected chi connectivity index (χ1v) is 5.10. The molecule has 0 aliphatic rings. The maximum absolute atomic E-state index is 13.3. The lowest BCUT2D eigenvalue weighted by Crippen LogP contribution is -2.37. The van der Waals surface area contributed by atoms with E-state index in [9.17, 15) is 9.18 Å². The van der Waals surface area contributed by atoms with Crippen molar-refractivity contribution in [1.82, 2.24) is 0 Å². The standard InChI is InChI=1S/C12H14FN3O/c1-12(2,11(15)17)7-16-9-4-3-8(6-14)10(13)5-9/h3-5,16H,7H2,1-2H3,(H2,15,17). The molecule has 0 atom stereocenters. The Morgan fingerprint density at radius 3 is 2.71 bits per heavy atom. The quantitative estimate of drug-likeness (QED) is 0.832. The number of nitrogens with one attached hydrogen (secondary N) is 1. The van der Waals surface area contributed by atoms with Crippen molar-refractivity contribution in [2.75, 3.05) is 11.9 Å². The molecule has 0 fully saturated rings. The second-order valence-corrected chi connectivity index (χ2v) is 4.41. The third-order valence-corrected chi connectivity index (χ3v) is 2.49. The first kappa shape index (κ1) is 13.0. The van der Waals surface area contributed by atoms with Crippen molar-refractivity contribution in [2.45, 2.75) is 13.8 Å². The highest BCUT2D eigenvalue weighted by atomic mass is 19.1. The van der Waals surface area contributed by atoms with Gasteiger partial charge in [-0.1, -0.05) is 0 Å². The lowest BCUT2D eigenvalue weighted by atomic mass is 9.92. The van der Waals surface area contributed by atoms with Crippen LogP contribution in [-0.2, 0) is 4.79 Å². The van der Waals surface area contributed by atoms with Gasteiger partial charge in [-0.05, 0) is 32.0 Å². The molecule has 0 aliphatic heterocycles. The number of nitrogens with two attached hydrogens (primary N) is 1. The number of halogens is 1. The molecule has 0 bridgehead atoms. The first-order valence-electron chi connectivity index (χ1n) is 5.10. The average molecular weight is 235 g/mol. The molecule has 17 heavy (non-hydrogen) atoms. The number of benzene rings is 1. The molecule has 0 saturated carbocycles. The van der Waals surface area contributed by atoms with Gasteiger partial charge in [0.2, 0.25) is 5.91 Å². The summed E-state index contributed by atoms with van der Waals surface area (Å²) in [4.78, 5) is 11.1. The Bertz CT molecular complexity index is 477. The minimum absolute atomic E-state index is 0.00953. The molecule has 0 heterocycles. The summed E-state index contributed by atoms with van der Waals surface area (Å²) in [6, 6.07) is 5.92. The molecule has 1 aromatic rings. The summed E-state index contributed by atoms with van der Waals surface area (Å²) >= 11 is 0. The van der Waals surface area contributed by atoms with Gasteiger partial charge in [-0.15, -0.1) is 0 Å². The molecule has 0 aliphatic carbocycles. The van der Waals surface area contributed by atoms with Crippen molar-refractivity contribution in [3.63, 3.8) is 0 Å². The van der Waals surface area contributed by atoms with E-state index < -0.39 is 17.1 Å². The fraction of sp³-hybridized carbons (Fsp3) is 0.333. The Morgan fingerprint density at radius 1 is 1.59 bits per heavy atom. The van der Waals surface area contributed by atoms with Crippen molar-refractivity contribution in [2.24, 2.45) is 11.1 Å². The fourth-order valence-electron chi connectivity index (χ4n) is 1.13. The van der Waals surface area contributed by atoms with Crippen molar-refractivity contribution < 1.29 is 9.18 Å². The third kappa shape index (κ3) is 3.18. The van der Waals surface area contributed by atoms with E-state index in [1.165, 1.54) is 12.1 Å². The molecule has 90 valence electrons. The van der Waals surface area contributed by atoms with Crippen LogP contribution in [0, 0.1) is 22.6 Å². The summed E-state index contributed by atoms with van der Waals surface area (Å²) in [5.74, 6) is -1.02. The van der Waals surface area contributed by atoms with E-state index in [1.54, 1.807) is 26.0 Å². The normalized spacial score (nSPS) is 10.7. The SMILES string of the molecule is CC(C)(CNc1ccc(C#N)c(F)c1)C(N)=O. The van der Waals surface area contributed by atoms with E-state index in [0.29, 0.717) is 12.2 Å². The number of amides is 1. The fourth-order valence-corrected chi connectivity index (χ4v) is 1.13. The highest BCUT2D eigenvalue weighted by molar-refractivity contribution is 5.80. The van der Waals surface area contributed by atoms with E-state index >= 15 is 0 Å². The molecule has 5 heteroatoms. The number of rotatable bonds is 4. The zero-order valence-electron chi connectivity index (χ0n) is 9.75. The predicted octanol–water partition coefficient (Wildman–Crippen LogP) is 1.62. The summed E-state index contributed by atoms with van der Waals surface area (Å²) in [5, 5.41) is 11.5. The molecule has 1 aromatic carbocycles. The van der Waals surface area contributed by atoms with Gasteiger partial charge in [-0.3, -0.25) is 4.79 Å². The Kier molecular flexibility index (Phi) is 3.69. The number of nitrogens with zero attached hydrogens (tertiary/aromatic N) is 1. The lowest BCUT2D eigenvalue weighted by molar-refractivity contribution is -0.125. The van der Waals surface area contributed by atoms with E-state index in [-0.39, 0.29) is 5.56 Å². The number of carbonyl (C=O) groups is 1. The second-order valence-electron chi connectivity index (χ2n) is 4.41. The smallest absolute Gasteiger partial charge is 0.224 e. The zero-order chi connectivity index (χ0) is 13.1. The number of anilines is 1.